The summed E-state index contributed by atoms with van der Waals surface area (Å²) in [4.78, 5) is 44.0. The summed E-state index contributed by atoms with van der Waals surface area (Å²) in [6, 6.07) is 25.9. The van der Waals surface area contributed by atoms with Gasteiger partial charge in [-0.3, -0.25) is 9.59 Å². The Labute approximate surface area is 290 Å². The minimum Gasteiger partial charge on any atom is -0.507 e. The third kappa shape index (κ3) is 10.8. The summed E-state index contributed by atoms with van der Waals surface area (Å²) < 4.78 is 5.57. The number of hydrogen-bond acceptors (Lipinski definition) is 5. The second-order valence-electron chi connectivity index (χ2n) is 13.7. The molecule has 0 spiro atoms. The number of hydrogen-bond donors (Lipinski definition) is 3. The molecule has 4 aromatic rings. The molecule has 4 rings (SSSR count). The maximum absolute atomic E-state index is 14.9. The summed E-state index contributed by atoms with van der Waals surface area (Å²) in [5.41, 5.74) is 1.53. The molecule has 0 saturated heterocycles. The smallest absolute Gasteiger partial charge is 0.408 e. The van der Waals surface area contributed by atoms with E-state index < -0.39 is 35.6 Å². The van der Waals surface area contributed by atoms with Gasteiger partial charge in [0.2, 0.25) is 5.91 Å². The Kier molecular flexibility index (Phi) is 13.2. The summed E-state index contributed by atoms with van der Waals surface area (Å²) >= 11 is 0. The van der Waals surface area contributed by atoms with Crippen LogP contribution in [0.25, 0.3) is 10.8 Å². The summed E-state index contributed by atoms with van der Waals surface area (Å²) in [5, 5.41) is 19.2. The lowest BCUT2D eigenvalue weighted by atomic mass is 9.97. The van der Waals surface area contributed by atoms with Crippen molar-refractivity contribution in [2.24, 2.45) is 0 Å². The van der Waals surface area contributed by atoms with Gasteiger partial charge in [-0.05, 0) is 68.1 Å². The molecule has 260 valence electrons. The van der Waals surface area contributed by atoms with Crippen LogP contribution in [0.5, 0.6) is 5.75 Å². The van der Waals surface area contributed by atoms with Crippen molar-refractivity contribution in [2.45, 2.75) is 97.2 Å². The fourth-order valence-corrected chi connectivity index (χ4v) is 5.96. The summed E-state index contributed by atoms with van der Waals surface area (Å²) in [6.45, 7) is 9.46. The Balaban J connectivity index is 1.76. The maximum atomic E-state index is 14.9. The first-order chi connectivity index (χ1) is 23.5. The molecule has 0 heterocycles. The number of nitrogens with zero attached hydrogens (tertiary/aromatic N) is 1. The topological polar surface area (TPSA) is 108 Å². The fraction of sp³-hybridized carbons (Fsp3) is 0.390. The molecular formula is C41H51N3O5. The Morgan fingerprint density at radius 3 is 2.20 bits per heavy atom. The number of amides is 3. The van der Waals surface area contributed by atoms with Crippen molar-refractivity contribution in [3.63, 3.8) is 0 Å². The summed E-state index contributed by atoms with van der Waals surface area (Å²) in [6.07, 6.45) is 5.32. The largest absolute Gasteiger partial charge is 0.507 e. The van der Waals surface area contributed by atoms with Crippen LogP contribution < -0.4 is 10.6 Å². The van der Waals surface area contributed by atoms with Gasteiger partial charge in [-0.15, -0.1) is 0 Å². The van der Waals surface area contributed by atoms with E-state index in [9.17, 15) is 19.5 Å². The molecular weight excluding hydrogens is 614 g/mol. The standard InChI is InChI=1S/C41H51N3O5/c1-6-7-8-9-10-16-26-44(39(47)35(27-30-19-12-11-13-20-30)43-40(48)49-41(3,4)5)36(34-23-17-18-29(2)37(34)45)38(46)42-33-25-24-31-21-14-15-22-32(31)28-33/h11-15,17-25,28,35-36,45H,6-10,16,26-27H2,1-5H3,(H,42,46)(H,43,48). The number of phenolic OH excluding ortho intramolecular Hbond substituents is 1. The lowest BCUT2D eigenvalue weighted by Gasteiger charge is -2.35. The van der Waals surface area contributed by atoms with Gasteiger partial charge in [0.1, 0.15) is 23.4 Å². The first-order valence-electron chi connectivity index (χ1n) is 17.4. The highest BCUT2D eigenvalue weighted by molar-refractivity contribution is 6.01. The number of phenols is 1. The van der Waals surface area contributed by atoms with Gasteiger partial charge in [0.25, 0.3) is 5.91 Å². The van der Waals surface area contributed by atoms with Gasteiger partial charge < -0.3 is 25.4 Å². The number of carbonyl (C=O) groups excluding carboxylic acids is 3. The Morgan fingerprint density at radius 2 is 1.49 bits per heavy atom. The fourth-order valence-electron chi connectivity index (χ4n) is 5.96. The predicted octanol–water partition coefficient (Wildman–Crippen LogP) is 8.86. The number of carbonyl (C=O) groups is 3. The molecule has 0 fully saturated rings. The molecule has 0 aromatic heterocycles. The third-order valence-corrected chi connectivity index (χ3v) is 8.45. The first kappa shape index (κ1) is 37.0. The number of fused-ring (bicyclic) bond motifs is 1. The number of unbranched alkanes of at least 4 members (excludes halogenated alkanes) is 5. The molecule has 2 atom stereocenters. The SMILES string of the molecule is CCCCCCCCN(C(=O)C(Cc1ccccc1)NC(=O)OC(C)(C)C)C(C(=O)Nc1ccc2ccccc2c1)c1cccc(C)c1O. The van der Waals surface area contributed by atoms with E-state index in [1.54, 1.807) is 45.9 Å². The van der Waals surface area contributed by atoms with Crippen LogP contribution in [-0.4, -0.2) is 46.1 Å². The molecule has 3 amide bonds. The van der Waals surface area contributed by atoms with Gasteiger partial charge in [-0.2, -0.15) is 0 Å². The molecule has 0 aliphatic rings. The van der Waals surface area contributed by atoms with E-state index in [0.29, 0.717) is 23.2 Å². The van der Waals surface area contributed by atoms with Gasteiger partial charge in [0.05, 0.1) is 0 Å². The molecule has 2 unspecified atom stereocenters. The normalized spacial score (nSPS) is 12.6. The van der Waals surface area contributed by atoms with Crippen LogP contribution in [0.1, 0.15) is 89.0 Å². The zero-order valence-electron chi connectivity index (χ0n) is 29.5. The van der Waals surface area contributed by atoms with Gasteiger partial charge in [-0.25, -0.2) is 4.79 Å². The van der Waals surface area contributed by atoms with Gasteiger partial charge in [0, 0.05) is 24.2 Å². The highest BCUT2D eigenvalue weighted by Gasteiger charge is 2.37. The van der Waals surface area contributed by atoms with E-state index in [0.717, 1.165) is 48.4 Å². The number of alkyl carbamates (subject to hydrolysis) is 1. The summed E-state index contributed by atoms with van der Waals surface area (Å²) in [7, 11) is 0. The van der Waals surface area contributed by atoms with Crippen molar-refractivity contribution in [3.05, 3.63) is 108 Å². The minimum atomic E-state index is -1.19. The van der Waals surface area contributed by atoms with Crippen LogP contribution >= 0.6 is 0 Å². The van der Waals surface area contributed by atoms with Gasteiger partial charge in [0.15, 0.2) is 0 Å². The number of aromatic hydroxyl groups is 1. The van der Waals surface area contributed by atoms with Crippen LogP contribution in [0.2, 0.25) is 0 Å². The van der Waals surface area contributed by atoms with Crippen molar-refractivity contribution >= 4 is 34.4 Å². The average Bonchev–Trinajstić information content (AvgIpc) is 3.06. The minimum absolute atomic E-state index is 0.0541. The molecule has 0 saturated carbocycles. The van der Waals surface area contributed by atoms with E-state index in [2.05, 4.69) is 17.6 Å². The summed E-state index contributed by atoms with van der Waals surface area (Å²) in [5.74, 6) is -0.962. The average molecular weight is 666 g/mol. The molecule has 0 aliphatic heterocycles. The highest BCUT2D eigenvalue weighted by Crippen LogP contribution is 2.34. The van der Waals surface area contributed by atoms with Crippen LogP contribution in [0, 0.1) is 6.92 Å². The third-order valence-electron chi connectivity index (χ3n) is 8.45. The second kappa shape index (κ2) is 17.5. The van der Waals surface area contributed by atoms with E-state index in [4.69, 9.17) is 4.74 Å². The lowest BCUT2D eigenvalue weighted by Crippen LogP contribution is -2.53. The van der Waals surface area contributed by atoms with E-state index in [-0.39, 0.29) is 18.7 Å². The zero-order chi connectivity index (χ0) is 35.4. The number of para-hydroxylation sites is 1. The van der Waals surface area contributed by atoms with Crippen LogP contribution in [0.3, 0.4) is 0 Å². The molecule has 3 N–H and O–H groups in total. The molecule has 49 heavy (non-hydrogen) atoms. The highest BCUT2D eigenvalue weighted by atomic mass is 16.6. The van der Waals surface area contributed by atoms with Gasteiger partial charge in [-0.1, -0.05) is 118 Å². The monoisotopic (exact) mass is 665 g/mol. The molecule has 8 heteroatoms. The molecule has 0 bridgehead atoms. The van der Waals surface area contributed by atoms with Crippen molar-refractivity contribution in [1.29, 1.82) is 0 Å². The second-order valence-corrected chi connectivity index (χ2v) is 13.7. The lowest BCUT2D eigenvalue weighted by molar-refractivity contribution is -0.141. The maximum Gasteiger partial charge on any atom is 0.408 e. The predicted molar refractivity (Wildman–Crippen MR) is 197 cm³/mol. The van der Waals surface area contributed by atoms with Crippen LogP contribution in [0.4, 0.5) is 10.5 Å². The van der Waals surface area contributed by atoms with Crippen molar-refractivity contribution in [3.8, 4) is 5.75 Å². The number of ether oxygens (including phenoxy) is 1. The number of benzene rings is 4. The van der Waals surface area contributed by atoms with E-state index in [1.165, 1.54) is 4.90 Å². The Bertz CT molecular complexity index is 1700. The molecule has 8 nitrogen and oxygen atoms in total. The van der Waals surface area contributed by atoms with E-state index >= 15 is 0 Å². The van der Waals surface area contributed by atoms with Crippen molar-refractivity contribution < 1.29 is 24.2 Å². The van der Waals surface area contributed by atoms with E-state index in [1.807, 2.05) is 72.8 Å². The van der Waals surface area contributed by atoms with Crippen molar-refractivity contribution in [1.82, 2.24) is 10.2 Å². The van der Waals surface area contributed by atoms with Crippen LogP contribution in [-0.2, 0) is 20.7 Å². The number of aryl methyl sites for hydroxylation is 1. The Hall–Kier alpha value is -4.85. The quantitative estimate of drug-likeness (QED) is 0.110. The number of nitrogens with one attached hydrogen (secondary N) is 2. The van der Waals surface area contributed by atoms with Crippen LogP contribution in [0.15, 0.2) is 91.0 Å². The first-order valence-corrected chi connectivity index (χ1v) is 17.4. The van der Waals surface area contributed by atoms with Crippen molar-refractivity contribution in [2.75, 3.05) is 11.9 Å². The molecule has 4 aromatic carbocycles. The van der Waals surface area contributed by atoms with Gasteiger partial charge >= 0.3 is 6.09 Å². The molecule has 0 radical (unpaired) electrons. The number of rotatable bonds is 15. The zero-order valence-corrected chi connectivity index (χ0v) is 29.5. The Morgan fingerprint density at radius 1 is 0.816 bits per heavy atom. The molecule has 0 aliphatic carbocycles. The number of anilines is 1.